The minimum atomic E-state index is -0.0655. The standard InChI is InChI=1S/C13H26O3/c1-11(14-2)16-10-4-5-12-6-8-13(15-3)9-7-12/h11-13H,4-10H2,1-3H3. The number of methoxy groups -OCH3 is 2. The summed E-state index contributed by atoms with van der Waals surface area (Å²) in [4.78, 5) is 0. The van der Waals surface area contributed by atoms with E-state index in [1.165, 1.54) is 32.1 Å². The van der Waals surface area contributed by atoms with E-state index in [-0.39, 0.29) is 6.29 Å². The second-order valence-electron chi connectivity index (χ2n) is 4.69. The van der Waals surface area contributed by atoms with E-state index < -0.39 is 0 Å². The van der Waals surface area contributed by atoms with E-state index in [0.717, 1.165) is 18.9 Å². The first kappa shape index (κ1) is 13.9. The molecule has 1 aliphatic rings. The van der Waals surface area contributed by atoms with Gasteiger partial charge in [0.2, 0.25) is 0 Å². The highest BCUT2D eigenvalue weighted by Crippen LogP contribution is 2.28. The largest absolute Gasteiger partial charge is 0.381 e. The third-order valence-electron chi connectivity index (χ3n) is 3.57. The molecule has 1 unspecified atom stereocenters. The van der Waals surface area contributed by atoms with Crippen LogP contribution in [-0.4, -0.2) is 33.2 Å². The number of rotatable bonds is 7. The first-order valence-electron chi connectivity index (χ1n) is 6.43. The molecule has 0 aliphatic heterocycles. The molecular weight excluding hydrogens is 204 g/mol. The van der Waals surface area contributed by atoms with Gasteiger partial charge >= 0.3 is 0 Å². The molecule has 96 valence electrons. The highest BCUT2D eigenvalue weighted by Gasteiger charge is 2.20. The van der Waals surface area contributed by atoms with E-state index in [1.807, 2.05) is 14.0 Å². The van der Waals surface area contributed by atoms with Gasteiger partial charge in [-0.2, -0.15) is 0 Å². The average molecular weight is 230 g/mol. The van der Waals surface area contributed by atoms with Gasteiger partial charge in [0.05, 0.1) is 6.10 Å². The highest BCUT2D eigenvalue weighted by molar-refractivity contribution is 4.72. The van der Waals surface area contributed by atoms with Crippen molar-refractivity contribution < 1.29 is 14.2 Å². The third kappa shape index (κ3) is 5.28. The van der Waals surface area contributed by atoms with E-state index in [2.05, 4.69) is 0 Å². The Bertz CT molecular complexity index is 165. The molecule has 0 N–H and O–H groups in total. The van der Waals surface area contributed by atoms with Crippen LogP contribution < -0.4 is 0 Å². The van der Waals surface area contributed by atoms with Crippen molar-refractivity contribution in [2.45, 2.75) is 57.8 Å². The van der Waals surface area contributed by atoms with Gasteiger partial charge in [-0.25, -0.2) is 0 Å². The quantitative estimate of drug-likeness (QED) is 0.497. The van der Waals surface area contributed by atoms with Crippen molar-refractivity contribution in [1.29, 1.82) is 0 Å². The number of ether oxygens (including phenoxy) is 3. The molecule has 1 aliphatic carbocycles. The summed E-state index contributed by atoms with van der Waals surface area (Å²) in [7, 11) is 3.50. The van der Waals surface area contributed by atoms with Crippen molar-refractivity contribution in [2.75, 3.05) is 20.8 Å². The lowest BCUT2D eigenvalue weighted by atomic mass is 9.84. The summed E-state index contributed by atoms with van der Waals surface area (Å²) in [6.07, 6.45) is 7.98. The lowest BCUT2D eigenvalue weighted by molar-refractivity contribution is -0.112. The van der Waals surface area contributed by atoms with Crippen molar-refractivity contribution in [3.05, 3.63) is 0 Å². The zero-order chi connectivity index (χ0) is 11.8. The van der Waals surface area contributed by atoms with Crippen molar-refractivity contribution in [1.82, 2.24) is 0 Å². The van der Waals surface area contributed by atoms with Gasteiger partial charge in [0, 0.05) is 20.8 Å². The lowest BCUT2D eigenvalue weighted by Crippen LogP contribution is -2.20. The van der Waals surface area contributed by atoms with E-state index in [1.54, 1.807) is 7.11 Å². The third-order valence-corrected chi connectivity index (χ3v) is 3.57. The predicted octanol–water partition coefficient (Wildman–Crippen LogP) is 2.98. The van der Waals surface area contributed by atoms with Crippen molar-refractivity contribution in [2.24, 2.45) is 5.92 Å². The Hall–Kier alpha value is -0.120. The molecule has 0 spiro atoms. The molecule has 1 atom stereocenters. The van der Waals surface area contributed by atoms with Gasteiger partial charge in [0.1, 0.15) is 0 Å². The maximum atomic E-state index is 5.48. The monoisotopic (exact) mass is 230 g/mol. The van der Waals surface area contributed by atoms with Crippen molar-refractivity contribution in [3.8, 4) is 0 Å². The molecule has 16 heavy (non-hydrogen) atoms. The fourth-order valence-corrected chi connectivity index (χ4v) is 2.35. The van der Waals surface area contributed by atoms with Gasteiger partial charge in [-0.05, 0) is 51.4 Å². The summed E-state index contributed by atoms with van der Waals surface area (Å²) in [5.74, 6) is 0.882. The smallest absolute Gasteiger partial charge is 0.154 e. The second kappa shape index (κ2) is 8.04. The summed E-state index contributed by atoms with van der Waals surface area (Å²) >= 11 is 0. The molecule has 0 aromatic heterocycles. The Morgan fingerprint density at radius 2 is 1.81 bits per heavy atom. The maximum Gasteiger partial charge on any atom is 0.154 e. The molecular formula is C13H26O3. The van der Waals surface area contributed by atoms with E-state index in [4.69, 9.17) is 14.2 Å². The molecule has 0 bridgehead atoms. The van der Waals surface area contributed by atoms with Crippen LogP contribution in [0.3, 0.4) is 0 Å². The van der Waals surface area contributed by atoms with Gasteiger partial charge in [-0.3, -0.25) is 0 Å². The van der Waals surface area contributed by atoms with E-state index in [9.17, 15) is 0 Å². The molecule has 1 rings (SSSR count). The zero-order valence-corrected chi connectivity index (χ0v) is 10.9. The average Bonchev–Trinajstić information content (AvgIpc) is 2.35. The van der Waals surface area contributed by atoms with Crippen LogP contribution in [0, 0.1) is 5.92 Å². The Morgan fingerprint density at radius 3 is 2.38 bits per heavy atom. The lowest BCUT2D eigenvalue weighted by Gasteiger charge is -2.27. The van der Waals surface area contributed by atoms with Crippen molar-refractivity contribution in [3.63, 3.8) is 0 Å². The van der Waals surface area contributed by atoms with Crippen LogP contribution in [0.4, 0.5) is 0 Å². The van der Waals surface area contributed by atoms with Crippen LogP contribution in [-0.2, 0) is 14.2 Å². The molecule has 0 aromatic rings. The SMILES string of the molecule is COC1CCC(CCCOC(C)OC)CC1. The number of hydrogen-bond acceptors (Lipinski definition) is 3. The topological polar surface area (TPSA) is 27.7 Å². The van der Waals surface area contributed by atoms with Gasteiger partial charge in [-0.1, -0.05) is 0 Å². The van der Waals surface area contributed by atoms with Gasteiger partial charge in [0.15, 0.2) is 6.29 Å². The molecule has 0 saturated heterocycles. The Kier molecular flexibility index (Phi) is 7.01. The Balaban J connectivity index is 1.98. The van der Waals surface area contributed by atoms with E-state index in [0.29, 0.717) is 6.10 Å². The Labute approximate surface area is 99.5 Å². The predicted molar refractivity (Wildman–Crippen MR) is 64.4 cm³/mol. The molecule has 3 heteroatoms. The fraction of sp³-hybridized carbons (Fsp3) is 1.00. The normalized spacial score (nSPS) is 27.9. The van der Waals surface area contributed by atoms with Gasteiger partial charge < -0.3 is 14.2 Å². The summed E-state index contributed by atoms with van der Waals surface area (Å²) in [5, 5.41) is 0. The van der Waals surface area contributed by atoms with Crippen LogP contribution in [0.2, 0.25) is 0 Å². The molecule has 3 nitrogen and oxygen atoms in total. The summed E-state index contributed by atoms with van der Waals surface area (Å²) in [6, 6.07) is 0. The van der Waals surface area contributed by atoms with Crippen LogP contribution in [0.15, 0.2) is 0 Å². The van der Waals surface area contributed by atoms with Gasteiger partial charge in [0.25, 0.3) is 0 Å². The summed E-state index contributed by atoms with van der Waals surface area (Å²) in [6.45, 7) is 2.75. The summed E-state index contributed by atoms with van der Waals surface area (Å²) in [5.41, 5.74) is 0. The number of hydrogen-bond donors (Lipinski definition) is 0. The minimum Gasteiger partial charge on any atom is -0.381 e. The van der Waals surface area contributed by atoms with Crippen molar-refractivity contribution >= 4 is 0 Å². The highest BCUT2D eigenvalue weighted by atomic mass is 16.7. The first-order valence-corrected chi connectivity index (χ1v) is 6.43. The van der Waals surface area contributed by atoms with Crippen LogP contribution in [0.25, 0.3) is 0 Å². The molecule has 1 saturated carbocycles. The Morgan fingerprint density at radius 1 is 1.12 bits per heavy atom. The first-order chi connectivity index (χ1) is 7.76. The molecule has 0 aromatic carbocycles. The zero-order valence-electron chi connectivity index (χ0n) is 10.9. The van der Waals surface area contributed by atoms with Crippen LogP contribution in [0.5, 0.6) is 0 Å². The summed E-state index contributed by atoms with van der Waals surface area (Å²) < 4.78 is 15.9. The molecule has 0 radical (unpaired) electrons. The maximum absolute atomic E-state index is 5.48. The van der Waals surface area contributed by atoms with Crippen LogP contribution in [0.1, 0.15) is 45.4 Å². The molecule has 0 amide bonds. The van der Waals surface area contributed by atoms with Crippen LogP contribution >= 0.6 is 0 Å². The van der Waals surface area contributed by atoms with E-state index >= 15 is 0 Å². The second-order valence-corrected chi connectivity index (χ2v) is 4.69. The van der Waals surface area contributed by atoms with Gasteiger partial charge in [-0.15, -0.1) is 0 Å². The fourth-order valence-electron chi connectivity index (χ4n) is 2.35. The minimum absolute atomic E-state index is 0.0655. The molecule has 0 heterocycles. The molecule has 1 fully saturated rings.